The number of nitrogens with one attached hydrogen (secondary N) is 1. The van der Waals surface area contributed by atoms with Crippen molar-refractivity contribution in [2.45, 2.75) is 77.2 Å². The van der Waals surface area contributed by atoms with E-state index in [9.17, 15) is 0 Å². The van der Waals surface area contributed by atoms with Gasteiger partial charge in [-0.1, -0.05) is 82.2 Å². The summed E-state index contributed by atoms with van der Waals surface area (Å²) in [4.78, 5) is 0. The first-order valence-electron chi connectivity index (χ1n) is 8.58. The van der Waals surface area contributed by atoms with Crippen molar-refractivity contribution in [3.8, 4) is 0 Å². The van der Waals surface area contributed by atoms with Crippen LogP contribution >= 0.6 is 0 Å². The summed E-state index contributed by atoms with van der Waals surface area (Å²) in [5.41, 5.74) is 1.47. The van der Waals surface area contributed by atoms with Crippen molar-refractivity contribution < 1.29 is 0 Å². The molecule has 0 aromatic heterocycles. The first-order chi connectivity index (χ1) is 9.86. The van der Waals surface area contributed by atoms with Crippen molar-refractivity contribution in [2.24, 2.45) is 0 Å². The molecule has 1 atom stereocenters. The zero-order chi connectivity index (χ0) is 14.5. The second-order valence-corrected chi connectivity index (χ2v) is 5.92. The SMILES string of the molecule is CCCCCCCCCC(CCc1ccccc1)NC. The molecular weight excluding hydrogens is 242 g/mol. The van der Waals surface area contributed by atoms with Crippen LogP contribution < -0.4 is 5.32 Å². The maximum absolute atomic E-state index is 3.48. The number of unbranched alkanes of at least 4 members (excludes halogenated alkanes) is 6. The van der Waals surface area contributed by atoms with Crippen LogP contribution in [0.3, 0.4) is 0 Å². The molecular formula is C19H33N. The average Bonchev–Trinajstić information content (AvgIpc) is 2.50. The summed E-state index contributed by atoms with van der Waals surface area (Å²) in [6, 6.07) is 11.5. The summed E-state index contributed by atoms with van der Waals surface area (Å²) in [5.74, 6) is 0. The Balaban J connectivity index is 2.04. The molecule has 1 aromatic carbocycles. The first kappa shape index (κ1) is 17.2. The minimum Gasteiger partial charge on any atom is -0.317 e. The van der Waals surface area contributed by atoms with Crippen LogP contribution in [0.2, 0.25) is 0 Å². The van der Waals surface area contributed by atoms with Gasteiger partial charge in [-0.25, -0.2) is 0 Å². The van der Waals surface area contributed by atoms with E-state index in [-0.39, 0.29) is 0 Å². The van der Waals surface area contributed by atoms with Crippen molar-refractivity contribution in [3.63, 3.8) is 0 Å². The van der Waals surface area contributed by atoms with Crippen LogP contribution in [0.5, 0.6) is 0 Å². The minimum atomic E-state index is 0.686. The lowest BCUT2D eigenvalue weighted by molar-refractivity contribution is 0.457. The van der Waals surface area contributed by atoms with Crippen LogP contribution in [-0.4, -0.2) is 13.1 Å². The third-order valence-electron chi connectivity index (χ3n) is 4.19. The predicted molar refractivity (Wildman–Crippen MR) is 90.2 cm³/mol. The van der Waals surface area contributed by atoms with Crippen LogP contribution in [0.4, 0.5) is 0 Å². The van der Waals surface area contributed by atoms with E-state index in [1.807, 2.05) is 0 Å². The Morgan fingerprint density at radius 2 is 1.50 bits per heavy atom. The summed E-state index contributed by atoms with van der Waals surface area (Å²) < 4.78 is 0. The molecule has 1 rings (SSSR count). The lowest BCUT2D eigenvalue weighted by atomic mass is 10.00. The van der Waals surface area contributed by atoms with E-state index in [2.05, 4.69) is 49.6 Å². The molecule has 0 aliphatic heterocycles. The summed E-state index contributed by atoms with van der Waals surface area (Å²) in [7, 11) is 2.11. The van der Waals surface area contributed by atoms with Gasteiger partial charge in [-0.15, -0.1) is 0 Å². The molecule has 0 fully saturated rings. The molecule has 1 aromatic rings. The van der Waals surface area contributed by atoms with Crippen molar-refractivity contribution in [1.82, 2.24) is 5.32 Å². The number of hydrogen-bond acceptors (Lipinski definition) is 1. The highest BCUT2D eigenvalue weighted by Crippen LogP contribution is 2.13. The quantitative estimate of drug-likeness (QED) is 0.507. The fraction of sp³-hybridized carbons (Fsp3) is 0.684. The van der Waals surface area contributed by atoms with E-state index in [0.29, 0.717) is 6.04 Å². The molecule has 0 aliphatic carbocycles. The van der Waals surface area contributed by atoms with Crippen molar-refractivity contribution >= 4 is 0 Å². The zero-order valence-electron chi connectivity index (χ0n) is 13.5. The molecule has 0 radical (unpaired) electrons. The topological polar surface area (TPSA) is 12.0 Å². The second kappa shape index (κ2) is 12.0. The van der Waals surface area contributed by atoms with Crippen molar-refractivity contribution in [1.29, 1.82) is 0 Å². The number of benzene rings is 1. The Hall–Kier alpha value is -0.820. The highest BCUT2D eigenvalue weighted by atomic mass is 14.9. The summed E-state index contributed by atoms with van der Waals surface area (Å²) in [6.45, 7) is 2.28. The lowest BCUT2D eigenvalue weighted by Crippen LogP contribution is -2.25. The molecule has 0 heterocycles. The van der Waals surface area contributed by atoms with Crippen LogP contribution in [-0.2, 0) is 6.42 Å². The van der Waals surface area contributed by atoms with Crippen LogP contribution in [0.1, 0.15) is 70.3 Å². The van der Waals surface area contributed by atoms with Gasteiger partial charge in [0.05, 0.1) is 0 Å². The summed E-state index contributed by atoms with van der Waals surface area (Å²) in [6.07, 6.45) is 13.6. The van der Waals surface area contributed by atoms with E-state index < -0.39 is 0 Å². The largest absolute Gasteiger partial charge is 0.317 e. The standard InChI is InChI=1S/C19H33N/c1-3-4-5-6-7-8-12-15-19(20-2)17-16-18-13-10-9-11-14-18/h9-11,13-14,19-20H,3-8,12,15-17H2,1-2H3. The first-order valence-corrected chi connectivity index (χ1v) is 8.58. The number of aryl methyl sites for hydroxylation is 1. The molecule has 0 aliphatic rings. The van der Waals surface area contributed by atoms with Gasteiger partial charge in [-0.2, -0.15) is 0 Å². The van der Waals surface area contributed by atoms with Crippen LogP contribution in [0.15, 0.2) is 30.3 Å². The molecule has 0 bridgehead atoms. The monoisotopic (exact) mass is 275 g/mol. The second-order valence-electron chi connectivity index (χ2n) is 5.92. The molecule has 1 nitrogen and oxygen atoms in total. The fourth-order valence-corrected chi connectivity index (χ4v) is 2.77. The maximum atomic E-state index is 3.48. The van der Waals surface area contributed by atoms with Gasteiger partial charge < -0.3 is 5.32 Å². The average molecular weight is 275 g/mol. The fourth-order valence-electron chi connectivity index (χ4n) is 2.77. The van der Waals surface area contributed by atoms with Gasteiger partial charge in [-0.3, -0.25) is 0 Å². The Bertz CT molecular complexity index is 307. The van der Waals surface area contributed by atoms with E-state index in [1.54, 1.807) is 0 Å². The molecule has 20 heavy (non-hydrogen) atoms. The van der Waals surface area contributed by atoms with Crippen molar-refractivity contribution in [2.75, 3.05) is 7.05 Å². The minimum absolute atomic E-state index is 0.686. The molecule has 1 unspecified atom stereocenters. The molecule has 0 saturated heterocycles. The Labute approximate surface area is 126 Å². The lowest BCUT2D eigenvalue weighted by Gasteiger charge is -2.16. The number of hydrogen-bond donors (Lipinski definition) is 1. The molecule has 1 N–H and O–H groups in total. The van der Waals surface area contributed by atoms with E-state index >= 15 is 0 Å². The third-order valence-corrected chi connectivity index (χ3v) is 4.19. The Morgan fingerprint density at radius 1 is 0.850 bits per heavy atom. The van der Waals surface area contributed by atoms with E-state index in [1.165, 1.54) is 69.8 Å². The molecule has 0 spiro atoms. The predicted octanol–water partition coefficient (Wildman–Crippen LogP) is 5.35. The van der Waals surface area contributed by atoms with Crippen LogP contribution in [0, 0.1) is 0 Å². The Morgan fingerprint density at radius 3 is 2.15 bits per heavy atom. The third kappa shape index (κ3) is 8.37. The summed E-state index contributed by atoms with van der Waals surface area (Å²) in [5, 5.41) is 3.48. The van der Waals surface area contributed by atoms with Gasteiger partial charge in [0.25, 0.3) is 0 Å². The normalized spacial score (nSPS) is 12.5. The van der Waals surface area contributed by atoms with Gasteiger partial charge in [0, 0.05) is 6.04 Å². The zero-order valence-corrected chi connectivity index (χ0v) is 13.5. The van der Waals surface area contributed by atoms with Gasteiger partial charge >= 0.3 is 0 Å². The smallest absolute Gasteiger partial charge is 0.00672 e. The maximum Gasteiger partial charge on any atom is 0.00672 e. The van der Waals surface area contributed by atoms with E-state index in [0.717, 1.165) is 0 Å². The highest BCUT2D eigenvalue weighted by Gasteiger charge is 2.05. The highest BCUT2D eigenvalue weighted by molar-refractivity contribution is 5.14. The van der Waals surface area contributed by atoms with Gasteiger partial charge in [0.2, 0.25) is 0 Å². The van der Waals surface area contributed by atoms with Crippen molar-refractivity contribution in [3.05, 3.63) is 35.9 Å². The van der Waals surface area contributed by atoms with Gasteiger partial charge in [-0.05, 0) is 31.9 Å². The molecule has 0 saturated carbocycles. The molecule has 1 heteroatoms. The molecule has 114 valence electrons. The number of rotatable bonds is 12. The van der Waals surface area contributed by atoms with E-state index in [4.69, 9.17) is 0 Å². The molecule has 0 amide bonds. The van der Waals surface area contributed by atoms with Crippen LogP contribution in [0.25, 0.3) is 0 Å². The van der Waals surface area contributed by atoms with Gasteiger partial charge in [0.15, 0.2) is 0 Å². The summed E-state index contributed by atoms with van der Waals surface area (Å²) >= 11 is 0. The van der Waals surface area contributed by atoms with Gasteiger partial charge in [0.1, 0.15) is 0 Å². The Kier molecular flexibility index (Phi) is 10.3.